The fourth-order valence-electron chi connectivity index (χ4n) is 1.49. The van der Waals surface area contributed by atoms with Crippen molar-refractivity contribution in [2.75, 3.05) is 31.3 Å². The molecule has 5 nitrogen and oxygen atoms in total. The third kappa shape index (κ3) is 3.96. The van der Waals surface area contributed by atoms with E-state index < -0.39 is 5.97 Å². The van der Waals surface area contributed by atoms with Gasteiger partial charge in [-0.05, 0) is 24.1 Å². The van der Waals surface area contributed by atoms with E-state index in [-0.39, 0.29) is 11.3 Å². The van der Waals surface area contributed by atoms with Crippen molar-refractivity contribution in [2.24, 2.45) is 5.92 Å². The zero-order valence-corrected chi connectivity index (χ0v) is 10.1. The highest BCUT2D eigenvalue weighted by molar-refractivity contribution is 5.94. The molecule has 0 spiro atoms. The SMILES string of the molecule is COCC(C)CNc1ccc(N)c(C(=O)O)c1. The minimum absolute atomic E-state index is 0.120. The van der Waals surface area contributed by atoms with Crippen molar-refractivity contribution in [3.63, 3.8) is 0 Å². The zero-order valence-electron chi connectivity index (χ0n) is 10.1. The van der Waals surface area contributed by atoms with Crippen molar-refractivity contribution in [1.82, 2.24) is 0 Å². The lowest BCUT2D eigenvalue weighted by atomic mass is 10.1. The summed E-state index contributed by atoms with van der Waals surface area (Å²) in [5.74, 6) is -0.665. The Morgan fingerprint density at radius 3 is 2.88 bits per heavy atom. The summed E-state index contributed by atoms with van der Waals surface area (Å²) in [6.45, 7) is 3.43. The van der Waals surface area contributed by atoms with Crippen LogP contribution in [0, 0.1) is 5.92 Å². The summed E-state index contributed by atoms with van der Waals surface area (Å²) in [5.41, 5.74) is 6.71. The Kier molecular flexibility index (Phi) is 4.78. The zero-order chi connectivity index (χ0) is 12.8. The summed E-state index contributed by atoms with van der Waals surface area (Å²) in [7, 11) is 1.66. The largest absolute Gasteiger partial charge is 0.478 e. The molecule has 0 heterocycles. The molecular formula is C12H18N2O3. The van der Waals surface area contributed by atoms with Crippen molar-refractivity contribution in [1.29, 1.82) is 0 Å². The average Bonchev–Trinajstić information content (AvgIpc) is 2.28. The predicted molar refractivity (Wildman–Crippen MR) is 67.3 cm³/mol. The Morgan fingerprint density at radius 1 is 1.59 bits per heavy atom. The molecule has 1 rings (SSSR count). The van der Waals surface area contributed by atoms with Gasteiger partial charge >= 0.3 is 5.97 Å². The molecule has 4 N–H and O–H groups in total. The number of methoxy groups -OCH3 is 1. The van der Waals surface area contributed by atoms with Gasteiger partial charge in [-0.15, -0.1) is 0 Å². The number of nitrogens with one attached hydrogen (secondary N) is 1. The molecule has 0 saturated heterocycles. The molecule has 17 heavy (non-hydrogen) atoms. The fourth-order valence-corrected chi connectivity index (χ4v) is 1.49. The number of anilines is 2. The van der Waals surface area contributed by atoms with E-state index in [1.54, 1.807) is 19.2 Å². The van der Waals surface area contributed by atoms with Gasteiger partial charge in [0.05, 0.1) is 12.2 Å². The average molecular weight is 238 g/mol. The lowest BCUT2D eigenvalue weighted by molar-refractivity contribution is 0.0698. The van der Waals surface area contributed by atoms with Gasteiger partial charge in [0.1, 0.15) is 0 Å². The van der Waals surface area contributed by atoms with Gasteiger partial charge < -0.3 is 20.9 Å². The first-order chi connectivity index (χ1) is 8.04. The Hall–Kier alpha value is -1.75. The second-order valence-corrected chi connectivity index (χ2v) is 4.05. The van der Waals surface area contributed by atoms with Crippen molar-refractivity contribution in [3.8, 4) is 0 Å². The quantitative estimate of drug-likeness (QED) is 0.656. The van der Waals surface area contributed by atoms with Crippen LogP contribution in [0.25, 0.3) is 0 Å². The van der Waals surface area contributed by atoms with E-state index in [9.17, 15) is 4.79 Å². The second kappa shape index (κ2) is 6.10. The summed E-state index contributed by atoms with van der Waals surface area (Å²) in [6, 6.07) is 4.89. The van der Waals surface area contributed by atoms with Crippen molar-refractivity contribution in [2.45, 2.75) is 6.92 Å². The highest BCUT2D eigenvalue weighted by Gasteiger charge is 2.09. The molecule has 0 bridgehead atoms. The number of carboxylic acid groups (broad SMARTS) is 1. The molecule has 0 radical (unpaired) electrons. The number of nitrogens with two attached hydrogens (primary N) is 1. The molecule has 1 aromatic rings. The number of hydrogen-bond acceptors (Lipinski definition) is 4. The first-order valence-electron chi connectivity index (χ1n) is 5.40. The number of benzene rings is 1. The molecule has 0 aliphatic carbocycles. The molecule has 1 unspecified atom stereocenters. The monoisotopic (exact) mass is 238 g/mol. The molecule has 0 aliphatic rings. The highest BCUT2D eigenvalue weighted by atomic mass is 16.5. The second-order valence-electron chi connectivity index (χ2n) is 4.05. The van der Waals surface area contributed by atoms with Crippen LogP contribution < -0.4 is 11.1 Å². The van der Waals surface area contributed by atoms with E-state index >= 15 is 0 Å². The van der Waals surface area contributed by atoms with Crippen LogP contribution in [-0.4, -0.2) is 31.3 Å². The van der Waals surface area contributed by atoms with E-state index in [1.165, 1.54) is 6.07 Å². The van der Waals surface area contributed by atoms with E-state index in [0.29, 0.717) is 12.5 Å². The summed E-state index contributed by atoms with van der Waals surface area (Å²) < 4.78 is 5.02. The molecule has 0 aliphatic heterocycles. The van der Waals surface area contributed by atoms with Gasteiger partial charge in [0.15, 0.2) is 0 Å². The molecule has 0 amide bonds. The molecule has 5 heteroatoms. The summed E-state index contributed by atoms with van der Waals surface area (Å²) in [4.78, 5) is 10.9. The maximum absolute atomic E-state index is 10.9. The number of ether oxygens (including phenoxy) is 1. The molecule has 94 valence electrons. The number of hydrogen-bond donors (Lipinski definition) is 3. The fraction of sp³-hybridized carbons (Fsp3) is 0.417. The van der Waals surface area contributed by atoms with Crippen LogP contribution in [0.5, 0.6) is 0 Å². The summed E-state index contributed by atoms with van der Waals surface area (Å²) in [6.07, 6.45) is 0. The molecule has 0 aromatic heterocycles. The maximum atomic E-state index is 10.9. The standard InChI is InChI=1S/C12H18N2O3/c1-8(7-17-2)6-14-9-3-4-11(13)10(5-9)12(15)16/h3-5,8,14H,6-7,13H2,1-2H3,(H,15,16). The van der Waals surface area contributed by atoms with Gasteiger partial charge in [0, 0.05) is 25.0 Å². The topological polar surface area (TPSA) is 84.6 Å². The minimum Gasteiger partial charge on any atom is -0.478 e. The van der Waals surface area contributed by atoms with Crippen molar-refractivity contribution < 1.29 is 14.6 Å². The molecule has 1 atom stereocenters. The number of carbonyl (C=O) groups is 1. The first kappa shape index (κ1) is 13.3. The Morgan fingerprint density at radius 2 is 2.29 bits per heavy atom. The molecule has 1 aromatic carbocycles. The molecular weight excluding hydrogens is 220 g/mol. The van der Waals surface area contributed by atoms with Crippen molar-refractivity contribution >= 4 is 17.3 Å². The normalized spacial score (nSPS) is 12.1. The Balaban J connectivity index is 2.66. The van der Waals surface area contributed by atoms with Gasteiger partial charge in [0.25, 0.3) is 0 Å². The van der Waals surface area contributed by atoms with E-state index in [2.05, 4.69) is 5.32 Å². The highest BCUT2D eigenvalue weighted by Crippen LogP contribution is 2.18. The summed E-state index contributed by atoms with van der Waals surface area (Å²) in [5, 5.41) is 12.1. The molecule has 0 fully saturated rings. The van der Waals surface area contributed by atoms with Crippen LogP contribution in [-0.2, 0) is 4.74 Å². The molecule has 0 saturated carbocycles. The van der Waals surface area contributed by atoms with Gasteiger partial charge in [-0.1, -0.05) is 6.92 Å². The van der Waals surface area contributed by atoms with Gasteiger partial charge in [-0.2, -0.15) is 0 Å². The van der Waals surface area contributed by atoms with Gasteiger partial charge in [-0.3, -0.25) is 0 Å². The third-order valence-electron chi connectivity index (χ3n) is 2.39. The van der Waals surface area contributed by atoms with Crippen LogP contribution >= 0.6 is 0 Å². The lowest BCUT2D eigenvalue weighted by Crippen LogP contribution is -2.16. The number of aromatic carboxylic acids is 1. The number of rotatable bonds is 6. The number of nitrogen functional groups attached to an aromatic ring is 1. The summed E-state index contributed by atoms with van der Waals surface area (Å²) >= 11 is 0. The predicted octanol–water partition coefficient (Wildman–Crippen LogP) is 1.66. The first-order valence-corrected chi connectivity index (χ1v) is 5.40. The van der Waals surface area contributed by atoms with Gasteiger partial charge in [-0.25, -0.2) is 4.79 Å². The smallest absolute Gasteiger partial charge is 0.337 e. The van der Waals surface area contributed by atoms with E-state index in [0.717, 1.165) is 12.2 Å². The Bertz CT molecular complexity index is 393. The van der Waals surface area contributed by atoms with Crippen LogP contribution in [0.4, 0.5) is 11.4 Å². The van der Waals surface area contributed by atoms with Crippen LogP contribution in [0.2, 0.25) is 0 Å². The van der Waals surface area contributed by atoms with Gasteiger partial charge in [0.2, 0.25) is 0 Å². The lowest BCUT2D eigenvalue weighted by Gasteiger charge is -2.13. The number of carboxylic acids is 1. The minimum atomic E-state index is -1.02. The Labute approximate surface area is 101 Å². The van der Waals surface area contributed by atoms with E-state index in [1.807, 2.05) is 6.92 Å². The van der Waals surface area contributed by atoms with Crippen LogP contribution in [0.3, 0.4) is 0 Å². The van der Waals surface area contributed by atoms with Crippen LogP contribution in [0.15, 0.2) is 18.2 Å². The van der Waals surface area contributed by atoms with Crippen LogP contribution in [0.1, 0.15) is 17.3 Å². The maximum Gasteiger partial charge on any atom is 0.337 e. The third-order valence-corrected chi connectivity index (χ3v) is 2.39. The van der Waals surface area contributed by atoms with Crippen molar-refractivity contribution in [3.05, 3.63) is 23.8 Å². The van der Waals surface area contributed by atoms with E-state index in [4.69, 9.17) is 15.6 Å².